The molecule has 1 N–H and O–H groups in total. The molecule has 0 aliphatic heterocycles. The molecule has 0 spiro atoms. The number of rotatable bonds is 8. The van der Waals surface area contributed by atoms with Gasteiger partial charge < -0.3 is 14.6 Å². The van der Waals surface area contributed by atoms with Gasteiger partial charge in [-0.3, -0.25) is 4.79 Å². The largest absolute Gasteiger partial charge is 0.468 e. The van der Waals surface area contributed by atoms with Gasteiger partial charge in [0.2, 0.25) is 0 Å². The molecule has 0 fully saturated rings. The van der Waals surface area contributed by atoms with Gasteiger partial charge in [-0.2, -0.15) is 0 Å². The van der Waals surface area contributed by atoms with Crippen molar-refractivity contribution < 1.29 is 9.53 Å². The SMILES string of the molecule is CCNC(C)(CCCSc1nncn1C)C(=O)OC. The molecule has 0 amide bonds. The van der Waals surface area contributed by atoms with Crippen LogP contribution in [0.4, 0.5) is 0 Å². The fourth-order valence-corrected chi connectivity index (χ4v) is 2.70. The van der Waals surface area contributed by atoms with E-state index in [9.17, 15) is 4.79 Å². The summed E-state index contributed by atoms with van der Waals surface area (Å²) in [6.07, 6.45) is 3.31. The van der Waals surface area contributed by atoms with Gasteiger partial charge in [-0.25, -0.2) is 0 Å². The number of thioether (sulfide) groups is 1. The molecule has 19 heavy (non-hydrogen) atoms. The third kappa shape index (κ3) is 4.50. The van der Waals surface area contributed by atoms with Crippen LogP contribution in [0, 0.1) is 0 Å². The van der Waals surface area contributed by atoms with Gasteiger partial charge >= 0.3 is 5.97 Å². The molecule has 1 aromatic rings. The Morgan fingerprint density at radius 3 is 2.89 bits per heavy atom. The fourth-order valence-electron chi connectivity index (χ4n) is 1.87. The number of esters is 1. The van der Waals surface area contributed by atoms with E-state index in [2.05, 4.69) is 15.5 Å². The molecule has 1 unspecified atom stereocenters. The predicted molar refractivity (Wildman–Crippen MR) is 75.1 cm³/mol. The zero-order chi connectivity index (χ0) is 14.3. The van der Waals surface area contributed by atoms with Crippen molar-refractivity contribution in [3.63, 3.8) is 0 Å². The predicted octanol–water partition coefficient (Wildman–Crippen LogP) is 1.23. The normalized spacial score (nSPS) is 14.1. The van der Waals surface area contributed by atoms with Crippen molar-refractivity contribution in [3.05, 3.63) is 6.33 Å². The van der Waals surface area contributed by atoms with Crippen LogP contribution >= 0.6 is 11.8 Å². The average molecular weight is 286 g/mol. The second-order valence-corrected chi connectivity index (χ2v) is 5.59. The Labute approximate surface area is 118 Å². The van der Waals surface area contributed by atoms with E-state index in [4.69, 9.17) is 4.74 Å². The van der Waals surface area contributed by atoms with Gasteiger partial charge in [0.15, 0.2) is 5.16 Å². The third-order valence-electron chi connectivity index (χ3n) is 2.92. The molecule has 0 aliphatic carbocycles. The first-order valence-corrected chi connectivity index (χ1v) is 7.32. The first-order valence-electron chi connectivity index (χ1n) is 6.33. The summed E-state index contributed by atoms with van der Waals surface area (Å²) in [5.41, 5.74) is -0.607. The third-order valence-corrected chi connectivity index (χ3v) is 4.05. The summed E-state index contributed by atoms with van der Waals surface area (Å²) < 4.78 is 6.74. The number of nitrogens with one attached hydrogen (secondary N) is 1. The summed E-state index contributed by atoms with van der Waals surface area (Å²) in [5, 5.41) is 11.9. The van der Waals surface area contributed by atoms with E-state index in [1.165, 1.54) is 7.11 Å². The lowest BCUT2D eigenvalue weighted by atomic mass is 9.96. The molecule has 0 saturated carbocycles. The van der Waals surface area contributed by atoms with Crippen LogP contribution in [0.1, 0.15) is 26.7 Å². The standard InChI is InChI=1S/C12H22N4O2S/c1-5-13-12(2,10(17)18-4)7-6-8-19-11-15-14-9-16(11)3/h9,13H,5-8H2,1-4H3. The number of aryl methyl sites for hydroxylation is 1. The van der Waals surface area contributed by atoms with E-state index in [1.807, 2.05) is 25.5 Å². The van der Waals surface area contributed by atoms with Crippen molar-refractivity contribution in [1.29, 1.82) is 0 Å². The van der Waals surface area contributed by atoms with Crippen LogP contribution in [0.2, 0.25) is 0 Å². The van der Waals surface area contributed by atoms with Crippen molar-refractivity contribution in [3.8, 4) is 0 Å². The van der Waals surface area contributed by atoms with Crippen LogP contribution in [0.25, 0.3) is 0 Å². The Morgan fingerprint density at radius 2 is 2.37 bits per heavy atom. The summed E-state index contributed by atoms with van der Waals surface area (Å²) in [4.78, 5) is 11.8. The number of methoxy groups -OCH3 is 1. The Kier molecular flexibility index (Phi) is 6.30. The number of carbonyl (C=O) groups is 1. The first-order chi connectivity index (χ1) is 9.03. The van der Waals surface area contributed by atoms with Gasteiger partial charge in [-0.15, -0.1) is 10.2 Å². The van der Waals surface area contributed by atoms with Crippen LogP contribution in [-0.2, 0) is 16.6 Å². The summed E-state index contributed by atoms with van der Waals surface area (Å²) in [6, 6.07) is 0. The van der Waals surface area contributed by atoms with E-state index in [-0.39, 0.29) is 5.97 Å². The summed E-state index contributed by atoms with van der Waals surface area (Å²) in [7, 11) is 3.34. The lowest BCUT2D eigenvalue weighted by Crippen LogP contribution is -2.50. The van der Waals surface area contributed by atoms with Crippen LogP contribution in [0.15, 0.2) is 11.5 Å². The Morgan fingerprint density at radius 1 is 1.63 bits per heavy atom. The zero-order valence-electron chi connectivity index (χ0n) is 12.0. The molecule has 0 bridgehead atoms. The van der Waals surface area contributed by atoms with E-state index in [0.717, 1.165) is 30.3 Å². The summed E-state index contributed by atoms with van der Waals surface area (Å²) in [5.74, 6) is 0.683. The van der Waals surface area contributed by atoms with Crippen molar-refractivity contribution >= 4 is 17.7 Å². The van der Waals surface area contributed by atoms with Crippen LogP contribution < -0.4 is 5.32 Å². The maximum absolute atomic E-state index is 11.8. The van der Waals surface area contributed by atoms with Crippen molar-refractivity contribution in [2.45, 2.75) is 37.4 Å². The Bertz CT molecular complexity index is 410. The number of carbonyl (C=O) groups excluding carboxylic acids is 1. The van der Waals surface area contributed by atoms with E-state index in [1.54, 1.807) is 18.1 Å². The molecule has 1 aromatic heterocycles. The monoisotopic (exact) mass is 286 g/mol. The maximum Gasteiger partial charge on any atom is 0.325 e. The minimum absolute atomic E-state index is 0.210. The first kappa shape index (κ1) is 16.0. The zero-order valence-corrected chi connectivity index (χ0v) is 12.8. The number of hydrogen-bond donors (Lipinski definition) is 1. The van der Waals surface area contributed by atoms with Crippen LogP contribution in [0.5, 0.6) is 0 Å². The van der Waals surface area contributed by atoms with Gasteiger partial charge in [0.25, 0.3) is 0 Å². The molecule has 0 aromatic carbocycles. The maximum atomic E-state index is 11.8. The lowest BCUT2D eigenvalue weighted by molar-refractivity contribution is -0.148. The smallest absolute Gasteiger partial charge is 0.325 e. The molecule has 0 radical (unpaired) electrons. The number of nitrogens with zero attached hydrogens (tertiary/aromatic N) is 3. The lowest BCUT2D eigenvalue weighted by Gasteiger charge is -2.27. The Balaban J connectivity index is 2.40. The van der Waals surface area contributed by atoms with Gasteiger partial charge in [-0.05, 0) is 26.3 Å². The van der Waals surface area contributed by atoms with Gasteiger partial charge in [0.1, 0.15) is 11.9 Å². The van der Waals surface area contributed by atoms with Crippen molar-refractivity contribution in [2.75, 3.05) is 19.4 Å². The van der Waals surface area contributed by atoms with Crippen LogP contribution in [-0.4, -0.2) is 45.7 Å². The molecular formula is C12H22N4O2S. The molecule has 0 saturated heterocycles. The molecule has 108 valence electrons. The molecular weight excluding hydrogens is 264 g/mol. The summed E-state index contributed by atoms with van der Waals surface area (Å²) in [6.45, 7) is 4.60. The highest BCUT2D eigenvalue weighted by Crippen LogP contribution is 2.20. The number of likely N-dealkylation sites (N-methyl/N-ethyl adjacent to an activating group) is 1. The highest BCUT2D eigenvalue weighted by atomic mass is 32.2. The fraction of sp³-hybridized carbons (Fsp3) is 0.750. The Hall–Kier alpha value is -1.08. The van der Waals surface area contributed by atoms with Crippen LogP contribution in [0.3, 0.4) is 0 Å². The average Bonchev–Trinajstić information content (AvgIpc) is 2.79. The van der Waals surface area contributed by atoms with Gasteiger partial charge in [0.05, 0.1) is 7.11 Å². The number of ether oxygens (including phenoxy) is 1. The molecule has 6 nitrogen and oxygen atoms in total. The second-order valence-electron chi connectivity index (χ2n) is 4.53. The van der Waals surface area contributed by atoms with Gasteiger partial charge in [-0.1, -0.05) is 18.7 Å². The van der Waals surface area contributed by atoms with Crippen molar-refractivity contribution in [1.82, 2.24) is 20.1 Å². The van der Waals surface area contributed by atoms with E-state index in [0.29, 0.717) is 0 Å². The molecule has 1 rings (SSSR count). The van der Waals surface area contributed by atoms with E-state index < -0.39 is 5.54 Å². The van der Waals surface area contributed by atoms with Gasteiger partial charge in [0, 0.05) is 12.8 Å². The summed E-state index contributed by atoms with van der Waals surface area (Å²) >= 11 is 1.64. The molecule has 7 heteroatoms. The minimum Gasteiger partial charge on any atom is -0.468 e. The number of hydrogen-bond acceptors (Lipinski definition) is 6. The second kappa shape index (κ2) is 7.49. The molecule has 1 atom stereocenters. The topological polar surface area (TPSA) is 69.0 Å². The quantitative estimate of drug-likeness (QED) is 0.440. The highest BCUT2D eigenvalue weighted by Gasteiger charge is 2.32. The minimum atomic E-state index is -0.607. The highest BCUT2D eigenvalue weighted by molar-refractivity contribution is 7.99. The number of aromatic nitrogens is 3. The van der Waals surface area contributed by atoms with E-state index >= 15 is 0 Å². The van der Waals surface area contributed by atoms with Crippen molar-refractivity contribution in [2.24, 2.45) is 7.05 Å². The molecule has 1 heterocycles. The molecule has 0 aliphatic rings.